The van der Waals surface area contributed by atoms with Gasteiger partial charge in [-0.3, -0.25) is 4.79 Å². The number of piperidine rings is 1. The summed E-state index contributed by atoms with van der Waals surface area (Å²) in [6, 6.07) is 5.17. The van der Waals surface area contributed by atoms with E-state index in [2.05, 4.69) is 22.5 Å². The molecule has 1 aromatic rings. The summed E-state index contributed by atoms with van der Waals surface area (Å²) in [6.07, 6.45) is 3.54. The Bertz CT molecular complexity index is 483. The lowest BCUT2D eigenvalue weighted by Gasteiger charge is -2.34. The van der Waals surface area contributed by atoms with Crippen LogP contribution in [0.25, 0.3) is 0 Å². The maximum Gasteiger partial charge on any atom is 0.269 e. The van der Waals surface area contributed by atoms with Crippen molar-refractivity contribution in [3.63, 3.8) is 0 Å². The van der Waals surface area contributed by atoms with Crippen LogP contribution in [0.4, 0.5) is 0 Å². The van der Waals surface area contributed by atoms with Gasteiger partial charge in [-0.15, -0.1) is 0 Å². The highest BCUT2D eigenvalue weighted by molar-refractivity contribution is 5.92. The van der Waals surface area contributed by atoms with Gasteiger partial charge in [0.25, 0.3) is 5.91 Å². The van der Waals surface area contributed by atoms with Crippen LogP contribution in [-0.4, -0.2) is 30.5 Å². The molecule has 5 heteroatoms. The molecule has 2 heterocycles. The van der Waals surface area contributed by atoms with Gasteiger partial charge >= 0.3 is 0 Å². The smallest absolute Gasteiger partial charge is 0.269 e. The Morgan fingerprint density at radius 1 is 1.53 bits per heavy atom. The molecule has 0 radical (unpaired) electrons. The number of hydrogen-bond donors (Lipinski definition) is 2. The molecule has 5 nitrogen and oxygen atoms in total. The summed E-state index contributed by atoms with van der Waals surface area (Å²) in [5, 5.41) is 14.9. The molecule has 1 fully saturated rings. The first kappa shape index (κ1) is 13.5. The maximum absolute atomic E-state index is 12.0. The van der Waals surface area contributed by atoms with Crippen LogP contribution in [0.3, 0.4) is 0 Å². The summed E-state index contributed by atoms with van der Waals surface area (Å²) >= 11 is 0. The van der Waals surface area contributed by atoms with Gasteiger partial charge in [0.15, 0.2) is 0 Å². The fraction of sp³-hybridized carbons (Fsp3) is 0.500. The molecule has 100 valence electrons. The summed E-state index contributed by atoms with van der Waals surface area (Å²) in [7, 11) is 0. The van der Waals surface area contributed by atoms with Crippen LogP contribution in [0.15, 0.2) is 18.3 Å². The number of carbonyl (C=O) groups is 1. The van der Waals surface area contributed by atoms with Crippen molar-refractivity contribution >= 4 is 5.91 Å². The summed E-state index contributed by atoms with van der Waals surface area (Å²) in [5.41, 5.74) is 0.978. The first-order valence-electron chi connectivity index (χ1n) is 6.48. The summed E-state index contributed by atoms with van der Waals surface area (Å²) < 4.78 is 0. The van der Waals surface area contributed by atoms with Crippen LogP contribution in [0, 0.1) is 16.7 Å². The van der Waals surface area contributed by atoms with Gasteiger partial charge in [-0.05, 0) is 43.5 Å². The molecule has 0 saturated carbocycles. The first-order chi connectivity index (χ1) is 9.13. The SMILES string of the molecule is CC1(CNC(=O)c2ccc(C#N)cn2)CCNCC1. The van der Waals surface area contributed by atoms with E-state index in [9.17, 15) is 4.79 Å². The van der Waals surface area contributed by atoms with Gasteiger partial charge in [0.1, 0.15) is 11.8 Å². The van der Waals surface area contributed by atoms with E-state index in [1.807, 2.05) is 6.07 Å². The van der Waals surface area contributed by atoms with Crippen molar-refractivity contribution < 1.29 is 4.79 Å². The molecule has 1 aliphatic heterocycles. The number of pyridine rings is 1. The normalized spacial score (nSPS) is 17.5. The Balaban J connectivity index is 1.91. The predicted molar refractivity (Wildman–Crippen MR) is 71.5 cm³/mol. The minimum Gasteiger partial charge on any atom is -0.350 e. The van der Waals surface area contributed by atoms with Crippen LogP contribution < -0.4 is 10.6 Å². The van der Waals surface area contributed by atoms with E-state index >= 15 is 0 Å². The third kappa shape index (κ3) is 3.52. The number of hydrogen-bond acceptors (Lipinski definition) is 4. The number of rotatable bonds is 3. The molecule has 1 amide bonds. The van der Waals surface area contributed by atoms with Gasteiger partial charge in [0, 0.05) is 12.7 Å². The molecule has 1 aromatic heterocycles. The molecular weight excluding hydrogens is 240 g/mol. The van der Waals surface area contributed by atoms with Crippen molar-refractivity contribution in [2.45, 2.75) is 19.8 Å². The van der Waals surface area contributed by atoms with Crippen LogP contribution in [0.5, 0.6) is 0 Å². The number of nitriles is 1. The Morgan fingerprint density at radius 2 is 2.26 bits per heavy atom. The summed E-state index contributed by atoms with van der Waals surface area (Å²) in [4.78, 5) is 15.9. The fourth-order valence-electron chi connectivity index (χ4n) is 2.19. The van der Waals surface area contributed by atoms with Crippen molar-refractivity contribution in [2.75, 3.05) is 19.6 Å². The lowest BCUT2D eigenvalue weighted by molar-refractivity contribution is 0.0917. The molecule has 0 spiro atoms. The number of nitrogens with zero attached hydrogens (tertiary/aromatic N) is 2. The Hall–Kier alpha value is -1.93. The number of aromatic nitrogens is 1. The van der Waals surface area contributed by atoms with Crippen molar-refractivity contribution in [2.24, 2.45) is 5.41 Å². The summed E-state index contributed by atoms with van der Waals surface area (Å²) in [5.74, 6) is -0.177. The largest absolute Gasteiger partial charge is 0.350 e. The number of nitrogens with one attached hydrogen (secondary N) is 2. The van der Waals surface area contributed by atoms with Gasteiger partial charge in [0.05, 0.1) is 5.56 Å². The average Bonchev–Trinajstić information content (AvgIpc) is 2.46. The zero-order valence-corrected chi connectivity index (χ0v) is 11.1. The molecule has 0 aromatic carbocycles. The zero-order valence-electron chi connectivity index (χ0n) is 11.1. The lowest BCUT2D eigenvalue weighted by Crippen LogP contribution is -2.43. The van der Waals surface area contributed by atoms with Crippen LogP contribution in [-0.2, 0) is 0 Å². The van der Waals surface area contributed by atoms with E-state index in [1.54, 1.807) is 12.1 Å². The topological polar surface area (TPSA) is 77.8 Å². The minimum atomic E-state index is -0.177. The Morgan fingerprint density at radius 3 is 2.84 bits per heavy atom. The van der Waals surface area contributed by atoms with E-state index in [0.717, 1.165) is 25.9 Å². The molecule has 0 atom stereocenters. The quantitative estimate of drug-likeness (QED) is 0.850. The van der Waals surface area contributed by atoms with Crippen molar-refractivity contribution in [3.8, 4) is 6.07 Å². The summed E-state index contributed by atoms with van der Waals surface area (Å²) in [6.45, 7) is 4.86. The molecule has 19 heavy (non-hydrogen) atoms. The average molecular weight is 258 g/mol. The molecule has 0 aliphatic carbocycles. The molecule has 2 N–H and O–H groups in total. The van der Waals surface area contributed by atoms with Gasteiger partial charge in [-0.2, -0.15) is 5.26 Å². The number of carbonyl (C=O) groups excluding carboxylic acids is 1. The standard InChI is InChI=1S/C14H18N4O/c1-14(4-6-16-7-5-14)10-18-13(19)12-3-2-11(8-15)9-17-12/h2-3,9,16H,4-7,10H2,1H3,(H,18,19). The van der Waals surface area contributed by atoms with Gasteiger partial charge < -0.3 is 10.6 Å². The molecule has 0 unspecified atom stereocenters. The van der Waals surface area contributed by atoms with E-state index in [-0.39, 0.29) is 11.3 Å². The lowest BCUT2D eigenvalue weighted by atomic mass is 9.81. The van der Waals surface area contributed by atoms with E-state index in [4.69, 9.17) is 5.26 Å². The minimum absolute atomic E-state index is 0.160. The Labute approximate surface area is 113 Å². The van der Waals surface area contributed by atoms with Crippen molar-refractivity contribution in [1.29, 1.82) is 5.26 Å². The zero-order chi connectivity index (χ0) is 13.7. The third-order valence-electron chi connectivity index (χ3n) is 3.61. The van der Waals surface area contributed by atoms with Gasteiger partial charge in [-0.25, -0.2) is 4.98 Å². The fourth-order valence-corrected chi connectivity index (χ4v) is 2.19. The van der Waals surface area contributed by atoms with E-state index < -0.39 is 0 Å². The highest BCUT2D eigenvalue weighted by Gasteiger charge is 2.27. The predicted octanol–water partition coefficient (Wildman–Crippen LogP) is 1.07. The maximum atomic E-state index is 12.0. The Kier molecular flexibility index (Phi) is 4.13. The number of amides is 1. The molecule has 1 saturated heterocycles. The van der Waals surface area contributed by atoms with Gasteiger partial charge in [0.2, 0.25) is 0 Å². The second-order valence-electron chi connectivity index (χ2n) is 5.29. The van der Waals surface area contributed by atoms with Crippen molar-refractivity contribution in [1.82, 2.24) is 15.6 Å². The van der Waals surface area contributed by atoms with Gasteiger partial charge in [-0.1, -0.05) is 6.92 Å². The third-order valence-corrected chi connectivity index (χ3v) is 3.61. The second kappa shape index (κ2) is 5.81. The van der Waals surface area contributed by atoms with E-state index in [1.165, 1.54) is 6.20 Å². The molecular formula is C14H18N4O. The van der Waals surface area contributed by atoms with Crippen LogP contribution >= 0.6 is 0 Å². The molecule has 1 aliphatic rings. The van der Waals surface area contributed by atoms with Crippen LogP contribution in [0.2, 0.25) is 0 Å². The first-order valence-corrected chi connectivity index (χ1v) is 6.48. The van der Waals surface area contributed by atoms with Crippen LogP contribution in [0.1, 0.15) is 35.8 Å². The molecule has 0 bridgehead atoms. The highest BCUT2D eigenvalue weighted by atomic mass is 16.1. The van der Waals surface area contributed by atoms with E-state index in [0.29, 0.717) is 17.8 Å². The monoisotopic (exact) mass is 258 g/mol. The molecule has 2 rings (SSSR count). The van der Waals surface area contributed by atoms with Crippen molar-refractivity contribution in [3.05, 3.63) is 29.6 Å². The highest BCUT2D eigenvalue weighted by Crippen LogP contribution is 2.26. The second-order valence-corrected chi connectivity index (χ2v) is 5.29.